The van der Waals surface area contributed by atoms with E-state index in [4.69, 9.17) is 0 Å². The van der Waals surface area contributed by atoms with E-state index in [2.05, 4.69) is 0 Å². The lowest BCUT2D eigenvalue weighted by molar-refractivity contribution is -0.385. The van der Waals surface area contributed by atoms with Crippen LogP contribution in [-0.2, 0) is 6.54 Å². The molecule has 0 spiro atoms. The minimum atomic E-state index is -1.56. The van der Waals surface area contributed by atoms with Gasteiger partial charge in [0, 0.05) is 54.5 Å². The molecular formula is C20H18N3O6-. The van der Waals surface area contributed by atoms with Crippen LogP contribution >= 0.6 is 0 Å². The zero-order valence-electron chi connectivity index (χ0n) is 15.7. The maximum absolute atomic E-state index is 13.2. The summed E-state index contributed by atoms with van der Waals surface area (Å²) in [6.07, 6.45) is 0.828. The first-order chi connectivity index (χ1) is 13.8. The highest BCUT2D eigenvalue weighted by Crippen LogP contribution is 2.36. The average Bonchev–Trinajstić information content (AvgIpc) is 2.67. The first-order valence-corrected chi connectivity index (χ1v) is 9.25. The molecule has 2 aromatic rings. The number of hydrogen-bond acceptors (Lipinski definition) is 6. The van der Waals surface area contributed by atoms with Gasteiger partial charge in [0.15, 0.2) is 0 Å². The summed E-state index contributed by atoms with van der Waals surface area (Å²) in [5.74, 6) is -2.13. The van der Waals surface area contributed by atoms with Gasteiger partial charge in [0.2, 0.25) is 0 Å². The molecule has 0 radical (unpaired) electrons. The highest BCUT2D eigenvalue weighted by Gasteiger charge is 2.37. The number of likely N-dealkylation sites (tertiary alicyclic amines) is 1. The van der Waals surface area contributed by atoms with E-state index in [0.29, 0.717) is 19.6 Å². The number of nitro groups is 1. The van der Waals surface area contributed by atoms with E-state index in [0.717, 1.165) is 24.2 Å². The zero-order valence-corrected chi connectivity index (χ0v) is 15.7. The van der Waals surface area contributed by atoms with Crippen molar-refractivity contribution in [3.05, 3.63) is 73.2 Å². The Balaban J connectivity index is 1.71. The molecule has 0 unspecified atom stereocenters. The number of carboxylic acids is 1. The number of carbonyl (C=O) groups excluding carboxylic acids is 2. The Labute approximate surface area is 165 Å². The fraction of sp³-hybridized carbons (Fsp3) is 0.350. The molecule has 150 valence electrons. The smallest absolute Gasteiger partial charge is 0.273 e. The number of pyridine rings is 1. The number of rotatable bonds is 3. The van der Waals surface area contributed by atoms with E-state index in [9.17, 15) is 29.6 Å². The van der Waals surface area contributed by atoms with E-state index in [1.165, 1.54) is 17.9 Å². The number of amides is 1. The number of aromatic nitrogens is 1. The number of nitro benzene ring substituents is 1. The number of piperidine rings is 1. The van der Waals surface area contributed by atoms with Crippen molar-refractivity contribution in [1.82, 2.24) is 9.47 Å². The van der Waals surface area contributed by atoms with Gasteiger partial charge in [-0.25, -0.2) is 0 Å². The fourth-order valence-corrected chi connectivity index (χ4v) is 4.47. The predicted molar refractivity (Wildman–Crippen MR) is 99.6 cm³/mol. The van der Waals surface area contributed by atoms with Gasteiger partial charge < -0.3 is 19.4 Å². The van der Waals surface area contributed by atoms with E-state index < -0.39 is 16.8 Å². The Morgan fingerprint density at radius 3 is 2.59 bits per heavy atom. The molecule has 29 heavy (non-hydrogen) atoms. The second-order valence-corrected chi connectivity index (χ2v) is 7.64. The maximum Gasteiger partial charge on any atom is 0.273 e. The van der Waals surface area contributed by atoms with Crippen LogP contribution in [0.1, 0.15) is 44.3 Å². The molecule has 3 heterocycles. The quantitative estimate of drug-likeness (QED) is 0.555. The molecule has 2 atom stereocenters. The van der Waals surface area contributed by atoms with Gasteiger partial charge in [-0.1, -0.05) is 6.07 Å². The van der Waals surface area contributed by atoms with Gasteiger partial charge in [0.25, 0.3) is 17.2 Å². The van der Waals surface area contributed by atoms with E-state index in [-0.39, 0.29) is 39.8 Å². The highest BCUT2D eigenvalue weighted by atomic mass is 16.6. The predicted octanol–water partition coefficient (Wildman–Crippen LogP) is 0.688. The van der Waals surface area contributed by atoms with E-state index in [1.807, 2.05) is 6.07 Å². The molecule has 1 saturated heterocycles. The molecule has 2 bridgehead atoms. The molecule has 4 rings (SSSR count). The summed E-state index contributed by atoms with van der Waals surface area (Å²) in [6, 6.07) is 7.18. The minimum absolute atomic E-state index is 0.0489. The summed E-state index contributed by atoms with van der Waals surface area (Å²) in [5, 5.41) is 22.8. The molecule has 2 aliphatic rings. The van der Waals surface area contributed by atoms with Crippen LogP contribution in [0.4, 0.5) is 5.69 Å². The number of hydrogen-bond donors (Lipinski definition) is 0. The first-order valence-electron chi connectivity index (χ1n) is 9.25. The molecular weight excluding hydrogens is 378 g/mol. The van der Waals surface area contributed by atoms with Crippen LogP contribution in [0.25, 0.3) is 0 Å². The number of nitrogens with zero attached hydrogens (tertiary/aromatic N) is 3. The van der Waals surface area contributed by atoms with Crippen molar-refractivity contribution in [1.29, 1.82) is 0 Å². The van der Waals surface area contributed by atoms with Gasteiger partial charge in [-0.15, -0.1) is 0 Å². The third-order valence-electron chi connectivity index (χ3n) is 5.75. The van der Waals surface area contributed by atoms with Crippen LogP contribution in [-0.4, -0.2) is 39.4 Å². The number of carbonyl (C=O) groups is 2. The Hall–Kier alpha value is -3.49. The highest BCUT2D eigenvalue weighted by molar-refractivity contribution is 6.05. The second kappa shape index (κ2) is 6.84. The number of aromatic carboxylic acids is 1. The number of fused-ring (bicyclic) bond motifs is 4. The van der Waals surface area contributed by atoms with Crippen LogP contribution in [0.15, 0.2) is 35.1 Å². The van der Waals surface area contributed by atoms with Crippen LogP contribution in [0, 0.1) is 23.0 Å². The summed E-state index contributed by atoms with van der Waals surface area (Å²) in [4.78, 5) is 49.0. The molecule has 9 heteroatoms. The lowest BCUT2D eigenvalue weighted by Crippen LogP contribution is -2.49. The minimum Gasteiger partial charge on any atom is -0.545 e. The molecule has 2 aliphatic heterocycles. The van der Waals surface area contributed by atoms with Gasteiger partial charge in [0.1, 0.15) is 0 Å². The Bertz CT molecular complexity index is 1110. The lowest BCUT2D eigenvalue weighted by Gasteiger charge is -2.42. The van der Waals surface area contributed by atoms with Crippen molar-refractivity contribution in [3.8, 4) is 0 Å². The lowest BCUT2D eigenvalue weighted by atomic mass is 9.82. The third kappa shape index (κ3) is 3.18. The Kier molecular flexibility index (Phi) is 4.45. The number of aryl methyl sites for hydroxylation is 1. The molecule has 0 N–H and O–H groups in total. The Morgan fingerprint density at radius 1 is 1.14 bits per heavy atom. The zero-order chi connectivity index (χ0) is 20.9. The Morgan fingerprint density at radius 2 is 1.90 bits per heavy atom. The van der Waals surface area contributed by atoms with Crippen molar-refractivity contribution in [2.24, 2.45) is 5.92 Å². The number of carboxylic acid groups (broad SMARTS) is 1. The largest absolute Gasteiger partial charge is 0.545 e. The van der Waals surface area contributed by atoms with Crippen molar-refractivity contribution < 1.29 is 19.6 Å². The van der Waals surface area contributed by atoms with Crippen LogP contribution < -0.4 is 10.7 Å². The molecule has 0 saturated carbocycles. The molecule has 1 amide bonds. The van der Waals surface area contributed by atoms with Crippen molar-refractivity contribution in [3.63, 3.8) is 0 Å². The average molecular weight is 396 g/mol. The SMILES string of the molecule is Cc1cc(C(=O)[O-])c(C(=O)N2C[C@H]3C[C@@H](C2)c2cccc(=O)n2C3)cc1[N+](=O)[O-]. The molecule has 0 aliphatic carbocycles. The summed E-state index contributed by atoms with van der Waals surface area (Å²) in [5.41, 5.74) is 0.00632. The normalized spacial score (nSPS) is 20.1. The molecule has 9 nitrogen and oxygen atoms in total. The summed E-state index contributed by atoms with van der Waals surface area (Å²) < 4.78 is 1.73. The van der Waals surface area contributed by atoms with Gasteiger partial charge in [-0.05, 0) is 31.4 Å². The van der Waals surface area contributed by atoms with Crippen molar-refractivity contribution in [2.45, 2.75) is 25.8 Å². The van der Waals surface area contributed by atoms with Gasteiger partial charge in [-0.3, -0.25) is 19.7 Å². The molecule has 1 fully saturated rings. The number of benzene rings is 1. The van der Waals surface area contributed by atoms with Crippen LogP contribution in [0.3, 0.4) is 0 Å². The first kappa shape index (κ1) is 18.9. The van der Waals surface area contributed by atoms with Gasteiger partial charge in [-0.2, -0.15) is 0 Å². The summed E-state index contributed by atoms with van der Waals surface area (Å²) >= 11 is 0. The standard InChI is InChI=1S/C20H19N3O6/c1-11-5-15(20(26)27)14(7-17(11)23(28)29)19(25)21-8-12-6-13(10-21)16-3-2-4-18(24)22(16)9-12/h2-5,7,12-13H,6,8-10H2,1H3,(H,26,27)/p-1/t12-,13+/m1/s1. The fourth-order valence-electron chi connectivity index (χ4n) is 4.47. The third-order valence-corrected chi connectivity index (χ3v) is 5.75. The summed E-state index contributed by atoms with van der Waals surface area (Å²) in [6.45, 7) is 2.56. The topological polar surface area (TPSA) is 126 Å². The summed E-state index contributed by atoms with van der Waals surface area (Å²) in [7, 11) is 0. The maximum atomic E-state index is 13.2. The van der Waals surface area contributed by atoms with Crippen molar-refractivity contribution in [2.75, 3.05) is 13.1 Å². The van der Waals surface area contributed by atoms with Crippen molar-refractivity contribution >= 4 is 17.6 Å². The second-order valence-electron chi connectivity index (χ2n) is 7.64. The van der Waals surface area contributed by atoms with E-state index >= 15 is 0 Å². The van der Waals surface area contributed by atoms with Gasteiger partial charge in [0.05, 0.1) is 16.5 Å². The van der Waals surface area contributed by atoms with Crippen LogP contribution in [0.5, 0.6) is 0 Å². The van der Waals surface area contributed by atoms with Crippen LogP contribution in [0.2, 0.25) is 0 Å². The monoisotopic (exact) mass is 396 g/mol. The van der Waals surface area contributed by atoms with Gasteiger partial charge >= 0.3 is 0 Å². The molecule has 1 aromatic heterocycles. The van der Waals surface area contributed by atoms with E-state index in [1.54, 1.807) is 10.6 Å². The molecule has 1 aromatic carbocycles.